The molecule has 0 fully saturated rings. The number of ether oxygens (including phenoxy) is 1. The number of aromatic nitrogens is 1. The van der Waals surface area contributed by atoms with Gasteiger partial charge in [0.25, 0.3) is 0 Å². The number of aliphatic carboxylic acids is 1. The lowest BCUT2D eigenvalue weighted by Gasteiger charge is -2.22. The van der Waals surface area contributed by atoms with Crippen molar-refractivity contribution in [3.63, 3.8) is 0 Å². The molecular weight excluding hydrogens is 607 g/mol. The summed E-state index contributed by atoms with van der Waals surface area (Å²) in [6.07, 6.45) is -2.65. The van der Waals surface area contributed by atoms with Gasteiger partial charge < -0.3 is 19.7 Å². The molecule has 1 aromatic heterocycles. The normalized spacial score (nSPS) is 12.0. The molecule has 0 aliphatic rings. The topological polar surface area (TPSA) is 80.6 Å². The number of hydrogen-bond donors (Lipinski definition) is 2. The van der Waals surface area contributed by atoms with Crippen LogP contribution in [0.25, 0.3) is 16.5 Å². The van der Waals surface area contributed by atoms with Crippen molar-refractivity contribution in [2.24, 2.45) is 0 Å². The highest BCUT2D eigenvalue weighted by molar-refractivity contribution is 6.05. The molecule has 5 aromatic rings. The van der Waals surface area contributed by atoms with E-state index in [0.29, 0.717) is 28.1 Å². The van der Waals surface area contributed by atoms with Crippen molar-refractivity contribution in [3.8, 4) is 5.75 Å². The molecule has 6 nitrogen and oxygen atoms in total. The first kappa shape index (κ1) is 32.0. The molecule has 4 aromatic carbocycles. The maximum Gasteiger partial charge on any atom is 0.417 e. The lowest BCUT2D eigenvalue weighted by Crippen LogP contribution is -2.16. The molecule has 1 amide bonds. The van der Waals surface area contributed by atoms with Crippen LogP contribution in [0.5, 0.6) is 5.75 Å². The summed E-state index contributed by atoms with van der Waals surface area (Å²) in [6.45, 7) is 0.0334. The van der Waals surface area contributed by atoms with Crippen LogP contribution >= 0.6 is 0 Å². The Labute approximate surface area is 260 Å². The van der Waals surface area contributed by atoms with Crippen LogP contribution in [0.15, 0.2) is 109 Å². The van der Waals surface area contributed by atoms with Crippen LogP contribution in [-0.2, 0) is 9.59 Å². The van der Waals surface area contributed by atoms with E-state index in [1.807, 2.05) is 0 Å². The molecule has 0 saturated heterocycles. The Balaban J connectivity index is 1.45. The Bertz CT molecular complexity index is 1830. The largest absolute Gasteiger partial charge is 0.491 e. The molecule has 0 saturated carbocycles. The second-order valence-electron chi connectivity index (χ2n) is 10.4. The van der Waals surface area contributed by atoms with E-state index in [-0.39, 0.29) is 36.4 Å². The number of para-hydroxylation sites is 2. The summed E-state index contributed by atoms with van der Waals surface area (Å²) >= 11 is 0. The Morgan fingerprint density at radius 3 is 2.11 bits per heavy atom. The highest BCUT2D eigenvalue weighted by Gasteiger charge is 2.35. The highest BCUT2D eigenvalue weighted by Crippen LogP contribution is 2.37. The van der Waals surface area contributed by atoms with Gasteiger partial charge in [0.15, 0.2) is 0 Å². The van der Waals surface area contributed by atoms with Crippen molar-refractivity contribution in [1.82, 2.24) is 4.57 Å². The number of carboxylic acids is 1. The van der Waals surface area contributed by atoms with Gasteiger partial charge in [0.05, 0.1) is 23.9 Å². The number of carbonyl (C=O) groups is 2. The zero-order chi connectivity index (χ0) is 32.8. The van der Waals surface area contributed by atoms with Crippen molar-refractivity contribution in [2.75, 3.05) is 11.9 Å². The molecule has 0 spiro atoms. The van der Waals surface area contributed by atoms with Gasteiger partial charge in [0, 0.05) is 29.6 Å². The van der Waals surface area contributed by atoms with E-state index < -0.39 is 41.3 Å². The molecule has 0 aliphatic heterocycles. The summed E-state index contributed by atoms with van der Waals surface area (Å²) < 4.78 is 77.7. The number of nitrogens with zero attached hydrogens (tertiary/aromatic N) is 1. The third-order valence-corrected chi connectivity index (χ3v) is 7.20. The summed E-state index contributed by atoms with van der Waals surface area (Å²) in [4.78, 5) is 23.6. The second-order valence-corrected chi connectivity index (χ2v) is 10.4. The first-order valence-corrected chi connectivity index (χ1v) is 14.1. The smallest absolute Gasteiger partial charge is 0.417 e. The lowest BCUT2D eigenvalue weighted by molar-refractivity contribution is -0.137. The van der Waals surface area contributed by atoms with Gasteiger partial charge in [-0.2, -0.15) is 13.2 Å². The van der Waals surface area contributed by atoms with Crippen molar-refractivity contribution in [2.45, 2.75) is 25.1 Å². The van der Waals surface area contributed by atoms with E-state index in [0.717, 1.165) is 0 Å². The molecule has 11 heteroatoms. The number of amides is 1. The SMILES string of the molecule is O=C(O)CCCOc1ccccc1NC(=O)/C=C(/c1ccc2c(ccn2C(c2ccc(F)cc2)c2ccc(F)cc2)c1)C(F)(F)F. The van der Waals surface area contributed by atoms with Crippen LogP contribution in [-0.4, -0.2) is 34.3 Å². The second kappa shape index (κ2) is 13.7. The summed E-state index contributed by atoms with van der Waals surface area (Å²) in [7, 11) is 0. The van der Waals surface area contributed by atoms with Crippen LogP contribution in [0.2, 0.25) is 0 Å². The summed E-state index contributed by atoms with van der Waals surface area (Å²) in [6, 6.07) is 22.9. The number of carboxylic acid groups (broad SMARTS) is 1. The van der Waals surface area contributed by atoms with Crippen molar-refractivity contribution >= 4 is 34.0 Å². The van der Waals surface area contributed by atoms with E-state index in [2.05, 4.69) is 5.32 Å². The molecule has 2 N–H and O–H groups in total. The molecule has 0 unspecified atom stereocenters. The molecular formula is C35H27F5N2O4. The van der Waals surface area contributed by atoms with Gasteiger partial charge in [-0.3, -0.25) is 9.59 Å². The minimum atomic E-state index is -4.88. The number of carbonyl (C=O) groups excluding carboxylic acids is 1. The fourth-order valence-corrected chi connectivity index (χ4v) is 5.09. The van der Waals surface area contributed by atoms with E-state index in [9.17, 15) is 31.5 Å². The number of hydrogen-bond acceptors (Lipinski definition) is 3. The van der Waals surface area contributed by atoms with Gasteiger partial charge in [0.2, 0.25) is 5.91 Å². The maximum atomic E-state index is 14.3. The van der Waals surface area contributed by atoms with Crippen molar-refractivity contribution in [1.29, 1.82) is 0 Å². The summed E-state index contributed by atoms with van der Waals surface area (Å²) in [5.41, 5.74) is 0.615. The fraction of sp³-hybridized carbons (Fsp3) is 0.143. The minimum Gasteiger partial charge on any atom is -0.491 e. The van der Waals surface area contributed by atoms with E-state index >= 15 is 0 Å². The standard InChI is InChI=1S/C35H27F5N2O4/c36-26-12-7-22(8-13-26)34(23-9-14-27(37)15-10-23)42-18-17-25-20-24(11-16-30(25)42)28(35(38,39)40)21-32(43)41-29-4-1-2-5-31(29)46-19-3-6-33(44)45/h1-2,4-5,7-18,20-21,34H,3,6,19H2,(H,41,43)(H,44,45)/b28-21-. The number of anilines is 1. The third-order valence-electron chi connectivity index (χ3n) is 7.20. The molecule has 5 rings (SSSR count). The summed E-state index contributed by atoms with van der Waals surface area (Å²) in [5, 5.41) is 11.7. The number of rotatable bonds is 11. The quantitative estimate of drug-likeness (QED) is 0.0869. The Morgan fingerprint density at radius 2 is 1.50 bits per heavy atom. The van der Waals surface area contributed by atoms with Gasteiger partial charge >= 0.3 is 12.1 Å². The number of nitrogens with one attached hydrogen (secondary N) is 1. The average Bonchev–Trinajstić information content (AvgIpc) is 3.43. The number of allylic oxidation sites excluding steroid dienone is 1. The third kappa shape index (κ3) is 7.60. The van der Waals surface area contributed by atoms with Gasteiger partial charge in [-0.25, -0.2) is 8.78 Å². The lowest BCUT2D eigenvalue weighted by atomic mass is 9.97. The number of benzene rings is 4. The maximum absolute atomic E-state index is 14.3. The number of halogens is 5. The van der Waals surface area contributed by atoms with E-state index in [4.69, 9.17) is 9.84 Å². The average molecular weight is 635 g/mol. The zero-order valence-corrected chi connectivity index (χ0v) is 24.1. The summed E-state index contributed by atoms with van der Waals surface area (Å²) in [5.74, 6) is -2.73. The molecule has 0 bridgehead atoms. The monoisotopic (exact) mass is 634 g/mol. The Hall–Kier alpha value is -5.45. The fourth-order valence-electron chi connectivity index (χ4n) is 5.09. The van der Waals surface area contributed by atoms with Crippen molar-refractivity contribution in [3.05, 3.63) is 138 Å². The van der Waals surface area contributed by atoms with Crippen LogP contribution in [0.4, 0.5) is 27.6 Å². The first-order chi connectivity index (χ1) is 22.0. The van der Waals surface area contributed by atoms with Crippen LogP contribution in [0.1, 0.15) is 35.6 Å². The Morgan fingerprint density at radius 1 is 0.870 bits per heavy atom. The first-order valence-electron chi connectivity index (χ1n) is 14.1. The van der Waals surface area contributed by atoms with Crippen LogP contribution < -0.4 is 10.1 Å². The molecule has 0 radical (unpaired) electrons. The predicted octanol–water partition coefficient (Wildman–Crippen LogP) is 8.39. The van der Waals surface area contributed by atoms with Gasteiger partial charge in [-0.15, -0.1) is 0 Å². The van der Waals surface area contributed by atoms with Gasteiger partial charge in [0.1, 0.15) is 17.4 Å². The van der Waals surface area contributed by atoms with E-state index in [1.165, 1.54) is 54.6 Å². The molecule has 46 heavy (non-hydrogen) atoms. The van der Waals surface area contributed by atoms with Gasteiger partial charge in [-0.1, -0.05) is 42.5 Å². The Kier molecular flexibility index (Phi) is 9.50. The van der Waals surface area contributed by atoms with Crippen LogP contribution in [0.3, 0.4) is 0 Å². The molecule has 1 heterocycles. The molecule has 236 valence electrons. The van der Waals surface area contributed by atoms with E-state index in [1.54, 1.807) is 53.2 Å². The highest BCUT2D eigenvalue weighted by atomic mass is 19.4. The minimum absolute atomic E-state index is 0.0334. The number of alkyl halides is 3. The molecule has 0 atom stereocenters. The molecule has 0 aliphatic carbocycles. The number of fused-ring (bicyclic) bond motifs is 1. The van der Waals surface area contributed by atoms with Crippen molar-refractivity contribution < 1.29 is 41.4 Å². The zero-order valence-electron chi connectivity index (χ0n) is 24.1. The predicted molar refractivity (Wildman–Crippen MR) is 163 cm³/mol. The van der Waals surface area contributed by atoms with Gasteiger partial charge in [-0.05, 0) is 77.7 Å². The van der Waals surface area contributed by atoms with Crippen LogP contribution in [0, 0.1) is 11.6 Å².